The number of hydrogen-bond acceptors (Lipinski definition) is 3. The van der Waals surface area contributed by atoms with Gasteiger partial charge in [0.25, 0.3) is 0 Å². The summed E-state index contributed by atoms with van der Waals surface area (Å²) >= 11 is 5.75. The molecule has 0 saturated heterocycles. The minimum atomic E-state index is 0.206. The van der Waals surface area contributed by atoms with E-state index in [1.165, 1.54) is 6.20 Å². The first kappa shape index (κ1) is 9.93. The molecule has 1 aromatic heterocycles. The molecule has 0 atom stereocenters. The van der Waals surface area contributed by atoms with Crippen LogP contribution in [0.5, 0.6) is 5.75 Å². The topological polar surface area (TPSA) is 46.0 Å². The van der Waals surface area contributed by atoms with Crippen molar-refractivity contribution in [2.75, 3.05) is 0 Å². The van der Waals surface area contributed by atoms with E-state index in [1.54, 1.807) is 18.3 Å². The molecular weight excluding hydrogens is 212 g/mol. The fourth-order valence-electron chi connectivity index (χ4n) is 1.36. The molecule has 0 unspecified atom stereocenters. The largest absolute Gasteiger partial charge is 0.508 e. The maximum atomic E-state index is 9.39. The van der Waals surface area contributed by atoms with Crippen molar-refractivity contribution in [3.8, 4) is 17.0 Å². The number of aromatic hydroxyl groups is 1. The van der Waals surface area contributed by atoms with Crippen LogP contribution in [-0.2, 0) is 0 Å². The van der Waals surface area contributed by atoms with E-state index in [0.29, 0.717) is 10.8 Å². The van der Waals surface area contributed by atoms with E-state index in [-0.39, 0.29) is 5.75 Å². The highest BCUT2D eigenvalue weighted by Crippen LogP contribution is 2.25. The van der Waals surface area contributed by atoms with Crippen molar-refractivity contribution < 1.29 is 5.11 Å². The smallest absolute Gasteiger partial charge is 0.148 e. The first-order valence-electron chi connectivity index (χ1n) is 4.44. The van der Waals surface area contributed by atoms with Crippen molar-refractivity contribution in [2.45, 2.75) is 6.92 Å². The van der Waals surface area contributed by atoms with Gasteiger partial charge in [0.15, 0.2) is 0 Å². The molecule has 1 heterocycles. The lowest BCUT2D eigenvalue weighted by Crippen LogP contribution is -1.88. The van der Waals surface area contributed by atoms with Gasteiger partial charge in [-0.25, -0.2) is 4.98 Å². The first-order valence-corrected chi connectivity index (χ1v) is 4.82. The van der Waals surface area contributed by atoms with Crippen LogP contribution in [0.2, 0.25) is 5.15 Å². The number of halogens is 1. The van der Waals surface area contributed by atoms with Crippen LogP contribution in [0.3, 0.4) is 0 Å². The number of phenolic OH excluding ortho intramolecular Hbond substituents is 1. The lowest BCUT2D eigenvalue weighted by atomic mass is 10.1. The van der Waals surface area contributed by atoms with Gasteiger partial charge in [0.1, 0.15) is 10.9 Å². The van der Waals surface area contributed by atoms with E-state index in [2.05, 4.69) is 9.97 Å². The van der Waals surface area contributed by atoms with Gasteiger partial charge in [-0.15, -0.1) is 0 Å². The summed E-state index contributed by atoms with van der Waals surface area (Å²) in [4.78, 5) is 8.09. The lowest BCUT2D eigenvalue weighted by molar-refractivity contribution is 0.475. The van der Waals surface area contributed by atoms with Gasteiger partial charge in [-0.3, -0.25) is 4.98 Å². The van der Waals surface area contributed by atoms with Crippen molar-refractivity contribution in [3.63, 3.8) is 0 Å². The van der Waals surface area contributed by atoms with Gasteiger partial charge in [-0.2, -0.15) is 0 Å². The molecule has 0 aliphatic heterocycles. The van der Waals surface area contributed by atoms with E-state index in [1.807, 2.05) is 13.0 Å². The molecule has 0 aliphatic rings. The van der Waals surface area contributed by atoms with Crippen molar-refractivity contribution in [1.29, 1.82) is 0 Å². The molecule has 76 valence electrons. The fraction of sp³-hybridized carbons (Fsp3) is 0.0909. The second kappa shape index (κ2) is 3.87. The summed E-state index contributed by atoms with van der Waals surface area (Å²) in [5, 5.41) is 9.73. The van der Waals surface area contributed by atoms with Gasteiger partial charge in [0.2, 0.25) is 0 Å². The summed E-state index contributed by atoms with van der Waals surface area (Å²) in [6.07, 6.45) is 3.09. The molecule has 2 rings (SSSR count). The lowest BCUT2D eigenvalue weighted by Gasteiger charge is -2.05. The van der Waals surface area contributed by atoms with Gasteiger partial charge in [-0.1, -0.05) is 17.7 Å². The highest BCUT2D eigenvalue weighted by Gasteiger charge is 2.05. The minimum Gasteiger partial charge on any atom is -0.508 e. The van der Waals surface area contributed by atoms with Gasteiger partial charge in [0.05, 0.1) is 18.1 Å². The van der Waals surface area contributed by atoms with Crippen LogP contribution in [0.25, 0.3) is 11.3 Å². The molecule has 0 fully saturated rings. The Hall–Kier alpha value is -1.61. The fourth-order valence-corrected chi connectivity index (χ4v) is 1.51. The van der Waals surface area contributed by atoms with E-state index in [4.69, 9.17) is 11.6 Å². The molecule has 3 nitrogen and oxygen atoms in total. The van der Waals surface area contributed by atoms with Gasteiger partial charge >= 0.3 is 0 Å². The van der Waals surface area contributed by atoms with Crippen LogP contribution in [-0.4, -0.2) is 15.1 Å². The average Bonchev–Trinajstić information content (AvgIpc) is 2.22. The summed E-state index contributed by atoms with van der Waals surface area (Å²) in [7, 11) is 0. The third kappa shape index (κ3) is 2.07. The molecule has 0 radical (unpaired) electrons. The number of nitrogens with zero attached hydrogens (tertiary/aromatic N) is 2. The molecule has 0 spiro atoms. The number of hydrogen-bond donors (Lipinski definition) is 1. The zero-order chi connectivity index (χ0) is 10.8. The predicted molar refractivity (Wildman–Crippen MR) is 58.9 cm³/mol. The molecule has 0 aliphatic carbocycles. The van der Waals surface area contributed by atoms with Crippen LogP contribution < -0.4 is 0 Å². The second-order valence-electron chi connectivity index (χ2n) is 3.23. The molecule has 15 heavy (non-hydrogen) atoms. The highest BCUT2D eigenvalue weighted by atomic mass is 35.5. The Kier molecular flexibility index (Phi) is 2.56. The standard InChI is InChI=1S/C11H9ClN2O/c1-7-2-3-8(15)4-9(7)10-5-13-6-11(12)14-10/h2-6,15H,1H3. The van der Waals surface area contributed by atoms with Crippen molar-refractivity contribution in [2.24, 2.45) is 0 Å². The van der Waals surface area contributed by atoms with Crippen molar-refractivity contribution >= 4 is 11.6 Å². The SMILES string of the molecule is Cc1ccc(O)cc1-c1cncc(Cl)n1. The van der Waals surface area contributed by atoms with Crippen LogP contribution in [0.15, 0.2) is 30.6 Å². The van der Waals surface area contributed by atoms with E-state index in [0.717, 1.165) is 11.1 Å². The number of aryl methyl sites for hydroxylation is 1. The molecule has 0 amide bonds. The van der Waals surface area contributed by atoms with Gasteiger partial charge in [-0.05, 0) is 24.6 Å². The van der Waals surface area contributed by atoms with Crippen molar-refractivity contribution in [3.05, 3.63) is 41.3 Å². The minimum absolute atomic E-state index is 0.206. The molecule has 4 heteroatoms. The zero-order valence-electron chi connectivity index (χ0n) is 8.11. The van der Waals surface area contributed by atoms with Gasteiger partial charge < -0.3 is 5.11 Å². The third-order valence-corrected chi connectivity index (χ3v) is 2.28. The summed E-state index contributed by atoms with van der Waals surface area (Å²) in [5.41, 5.74) is 2.52. The Morgan fingerprint density at radius 1 is 1.27 bits per heavy atom. The van der Waals surface area contributed by atoms with E-state index in [9.17, 15) is 5.11 Å². The van der Waals surface area contributed by atoms with E-state index < -0.39 is 0 Å². The Bertz CT molecular complexity index is 500. The molecule has 0 bridgehead atoms. The van der Waals surface area contributed by atoms with Crippen LogP contribution in [0, 0.1) is 6.92 Å². The quantitative estimate of drug-likeness (QED) is 0.804. The molecular formula is C11H9ClN2O. The summed E-state index contributed by atoms with van der Waals surface area (Å²) in [5.74, 6) is 0.206. The molecule has 1 N–H and O–H groups in total. The normalized spacial score (nSPS) is 10.3. The Labute approximate surface area is 92.4 Å². The monoisotopic (exact) mass is 220 g/mol. The molecule has 1 aromatic carbocycles. The first-order chi connectivity index (χ1) is 7.16. The average molecular weight is 221 g/mol. The highest BCUT2D eigenvalue weighted by molar-refractivity contribution is 6.29. The molecule has 2 aromatic rings. The number of rotatable bonds is 1. The number of aromatic nitrogens is 2. The van der Waals surface area contributed by atoms with Crippen molar-refractivity contribution in [1.82, 2.24) is 9.97 Å². The summed E-state index contributed by atoms with van der Waals surface area (Å²) in [6, 6.07) is 5.11. The van der Waals surface area contributed by atoms with Crippen LogP contribution in [0.1, 0.15) is 5.56 Å². The summed E-state index contributed by atoms with van der Waals surface area (Å²) < 4.78 is 0. The Balaban J connectivity index is 2.58. The summed E-state index contributed by atoms with van der Waals surface area (Å²) in [6.45, 7) is 1.94. The maximum Gasteiger partial charge on any atom is 0.148 e. The number of phenols is 1. The third-order valence-electron chi connectivity index (χ3n) is 2.10. The Morgan fingerprint density at radius 2 is 2.07 bits per heavy atom. The van der Waals surface area contributed by atoms with Crippen LogP contribution >= 0.6 is 11.6 Å². The maximum absolute atomic E-state index is 9.39. The van der Waals surface area contributed by atoms with Gasteiger partial charge in [0, 0.05) is 5.56 Å². The zero-order valence-corrected chi connectivity index (χ0v) is 8.86. The predicted octanol–water partition coefficient (Wildman–Crippen LogP) is 2.81. The van der Waals surface area contributed by atoms with E-state index >= 15 is 0 Å². The van der Waals surface area contributed by atoms with Crippen LogP contribution in [0.4, 0.5) is 0 Å². The molecule has 0 saturated carbocycles. The Morgan fingerprint density at radius 3 is 2.80 bits per heavy atom. The number of benzene rings is 1. The second-order valence-corrected chi connectivity index (χ2v) is 3.61.